The van der Waals surface area contributed by atoms with E-state index in [-0.39, 0.29) is 0 Å². The van der Waals surface area contributed by atoms with Gasteiger partial charge in [-0.15, -0.1) is 0 Å². The zero-order valence-corrected chi connectivity index (χ0v) is 6.15. The van der Waals surface area contributed by atoms with Gasteiger partial charge in [0, 0.05) is 0 Å². The fourth-order valence-electron chi connectivity index (χ4n) is 0.131. The van der Waals surface area contributed by atoms with Crippen LogP contribution in [0.5, 0.6) is 0 Å². The Labute approximate surface area is 58.3 Å². The van der Waals surface area contributed by atoms with Crippen molar-refractivity contribution in [1.29, 1.82) is 0 Å². The van der Waals surface area contributed by atoms with Crippen LogP contribution in [0, 0.1) is 0 Å². The zero-order valence-electron chi connectivity index (χ0n) is 4.43. The third-order valence-corrected chi connectivity index (χ3v) is 3.02. The first-order valence-electron chi connectivity index (χ1n) is 1.85. The van der Waals surface area contributed by atoms with Crippen LogP contribution >= 0.6 is 0 Å². The van der Waals surface area contributed by atoms with Gasteiger partial charge in [-0.3, -0.25) is 0 Å². The minimum absolute atomic E-state index is 6.42. The molecule has 0 spiro atoms. The minimum atomic E-state index is -8.29. The number of hydrogen-bond donors (Lipinski definition) is 0. The summed E-state index contributed by atoms with van der Waals surface area (Å²) in [4.78, 5) is 0. The average Bonchev–Trinajstić information content (AvgIpc) is 1.58. The van der Waals surface area contributed by atoms with E-state index < -0.39 is 23.9 Å². The molecule has 0 unspecified atom stereocenters. The summed E-state index contributed by atoms with van der Waals surface area (Å²) in [6.07, 6.45) is 0. The third kappa shape index (κ3) is 1.96. The number of halogens is 8. The van der Waals surface area contributed by atoms with E-state index in [1.807, 2.05) is 0 Å². The maximum absolute atomic E-state index is 11.3. The summed E-state index contributed by atoms with van der Waals surface area (Å²) in [7, 11) is 0. The van der Waals surface area contributed by atoms with E-state index >= 15 is 0 Å². The molecule has 0 aliphatic heterocycles. The van der Waals surface area contributed by atoms with E-state index in [4.69, 9.17) is 0 Å². The molecule has 0 nitrogen and oxygen atoms in total. The summed E-state index contributed by atoms with van der Waals surface area (Å²) in [6.45, 7) is 0. The molecule has 0 saturated carbocycles. The van der Waals surface area contributed by atoms with Crippen molar-refractivity contribution in [2.24, 2.45) is 0 Å². The molecular weight excluding hydrogens is 255 g/mol. The van der Waals surface area contributed by atoms with Crippen molar-refractivity contribution in [3.05, 3.63) is 0 Å². The Bertz CT molecular complexity index is 123. The van der Waals surface area contributed by atoms with Gasteiger partial charge >= 0.3 is 57.3 Å². The van der Waals surface area contributed by atoms with Gasteiger partial charge in [-0.1, -0.05) is 0 Å². The molecule has 0 radical (unpaired) electrons. The van der Waals surface area contributed by atoms with Gasteiger partial charge in [0.25, 0.3) is 0 Å². The molecular formula is C2F8Se. The normalized spacial score (nSPS) is 16.7. The Morgan fingerprint density at radius 2 is 0.818 bits per heavy atom. The monoisotopic (exact) mass is 256 g/mol. The fraction of sp³-hybridized carbons (Fsp3) is 1.00. The molecule has 0 aromatic rings. The Morgan fingerprint density at radius 1 is 0.636 bits per heavy atom. The van der Waals surface area contributed by atoms with E-state index in [9.17, 15) is 33.4 Å². The van der Waals surface area contributed by atoms with Crippen molar-refractivity contribution in [3.8, 4) is 0 Å². The summed E-state index contributed by atoms with van der Waals surface area (Å²) >= 11 is -8.29. The summed E-state index contributed by atoms with van der Waals surface area (Å²) in [6, 6.07) is 0. The first-order chi connectivity index (χ1) is 4.50. The van der Waals surface area contributed by atoms with Crippen LogP contribution in [-0.2, 0) is 0 Å². The molecule has 0 rings (SSSR count). The predicted octanol–water partition coefficient (Wildman–Crippen LogP) is 2.57. The van der Waals surface area contributed by atoms with Crippen molar-refractivity contribution in [3.63, 3.8) is 0 Å². The number of rotatable bonds is 0. The van der Waals surface area contributed by atoms with Crippen LogP contribution in [0.3, 0.4) is 0 Å². The van der Waals surface area contributed by atoms with Gasteiger partial charge in [-0.25, -0.2) is 0 Å². The Kier molecular flexibility index (Phi) is 2.47. The molecule has 0 bridgehead atoms. The van der Waals surface area contributed by atoms with E-state index in [0.29, 0.717) is 0 Å². The molecule has 0 heterocycles. The number of hydrogen-bond acceptors (Lipinski definition) is 0. The second-order valence-electron chi connectivity index (χ2n) is 1.36. The second-order valence-corrected chi connectivity index (χ2v) is 5.27. The summed E-state index contributed by atoms with van der Waals surface area (Å²) in [5.41, 5.74) is 0. The first kappa shape index (κ1) is 11.0. The molecule has 0 atom stereocenters. The molecule has 0 aromatic carbocycles. The molecule has 0 fully saturated rings. The van der Waals surface area contributed by atoms with Gasteiger partial charge in [-0.05, 0) is 0 Å². The molecule has 11 heavy (non-hydrogen) atoms. The van der Waals surface area contributed by atoms with Gasteiger partial charge in [0.05, 0.1) is 0 Å². The maximum atomic E-state index is 11.3. The van der Waals surface area contributed by atoms with Gasteiger partial charge < -0.3 is 0 Å². The average molecular weight is 255 g/mol. The second kappa shape index (κ2) is 2.48. The van der Waals surface area contributed by atoms with Gasteiger partial charge in [-0.2, -0.15) is 0 Å². The van der Waals surface area contributed by atoms with Gasteiger partial charge in [0.1, 0.15) is 0 Å². The molecule has 0 aromatic heterocycles. The summed E-state index contributed by atoms with van der Waals surface area (Å²) in [5, 5.41) is -12.8. The quantitative estimate of drug-likeness (QED) is 0.461. The third-order valence-electron chi connectivity index (χ3n) is 0.581. The van der Waals surface area contributed by atoms with Crippen molar-refractivity contribution in [2.75, 3.05) is 0 Å². The van der Waals surface area contributed by atoms with Crippen LogP contribution in [-0.4, -0.2) is 23.9 Å². The van der Waals surface area contributed by atoms with Crippen LogP contribution in [0.15, 0.2) is 0 Å². The van der Waals surface area contributed by atoms with Crippen molar-refractivity contribution < 1.29 is 33.4 Å². The fourth-order valence-corrected chi connectivity index (χ4v) is 0.682. The van der Waals surface area contributed by atoms with Crippen LogP contribution in [0.1, 0.15) is 0 Å². The first-order valence-corrected chi connectivity index (χ1v) is 4.86. The van der Waals surface area contributed by atoms with Crippen LogP contribution in [0.25, 0.3) is 0 Å². The molecule has 70 valence electrons. The van der Waals surface area contributed by atoms with Crippen molar-refractivity contribution >= 4 is 13.8 Å². The molecule has 0 aliphatic rings. The van der Waals surface area contributed by atoms with Crippen molar-refractivity contribution in [2.45, 2.75) is 10.1 Å². The topological polar surface area (TPSA) is 0 Å². The Balaban J connectivity index is 4.75. The molecule has 0 amide bonds. The van der Waals surface area contributed by atoms with Crippen LogP contribution in [0.2, 0.25) is 0 Å². The van der Waals surface area contributed by atoms with E-state index in [0.717, 1.165) is 0 Å². The SMILES string of the molecule is FC(F)(F)[Se](F)(F)C(F)(F)F. The molecule has 0 N–H and O–H groups in total. The molecule has 9 heteroatoms. The van der Waals surface area contributed by atoms with Crippen molar-refractivity contribution in [1.82, 2.24) is 0 Å². The van der Waals surface area contributed by atoms with E-state index in [2.05, 4.69) is 0 Å². The van der Waals surface area contributed by atoms with Gasteiger partial charge in [0.15, 0.2) is 0 Å². The molecule has 0 saturated heterocycles. The zero-order chi connectivity index (χ0) is 9.50. The summed E-state index contributed by atoms with van der Waals surface area (Å²) < 4.78 is 88.3. The van der Waals surface area contributed by atoms with Gasteiger partial charge in [0.2, 0.25) is 0 Å². The van der Waals surface area contributed by atoms with E-state index in [1.165, 1.54) is 0 Å². The van der Waals surface area contributed by atoms with Crippen LogP contribution in [0.4, 0.5) is 33.4 Å². The summed E-state index contributed by atoms with van der Waals surface area (Å²) in [5.74, 6) is 0. The number of alkyl halides is 6. The predicted molar refractivity (Wildman–Crippen MR) is 20.1 cm³/mol. The Hall–Kier alpha value is -0.0405. The Morgan fingerprint density at radius 3 is 0.818 bits per heavy atom. The van der Waals surface area contributed by atoms with E-state index in [1.54, 1.807) is 0 Å². The standard InChI is InChI=1S/C2F8Se/c3-1(4,5)11(9,10)2(6,7)8. The van der Waals surface area contributed by atoms with Crippen LogP contribution < -0.4 is 0 Å². The molecule has 0 aliphatic carbocycles.